The molecule has 0 aromatic heterocycles. The fourth-order valence-corrected chi connectivity index (χ4v) is 2.18. The van der Waals surface area contributed by atoms with E-state index in [4.69, 9.17) is 5.11 Å². The van der Waals surface area contributed by atoms with Gasteiger partial charge in [0.1, 0.15) is 6.04 Å². The summed E-state index contributed by atoms with van der Waals surface area (Å²) in [5.74, 6) is -1.05. The Bertz CT molecular complexity index is 308. The first-order valence-corrected chi connectivity index (χ1v) is 6.47. The lowest BCUT2D eigenvalue weighted by molar-refractivity contribution is -0.141. The summed E-state index contributed by atoms with van der Waals surface area (Å²) in [6.07, 6.45) is 1.26. The highest BCUT2D eigenvalue weighted by molar-refractivity contribution is 5.83. The lowest BCUT2D eigenvalue weighted by Gasteiger charge is -2.29. The van der Waals surface area contributed by atoms with E-state index in [1.165, 1.54) is 4.90 Å². The zero-order valence-electron chi connectivity index (χ0n) is 11.0. The molecule has 6 nitrogen and oxygen atoms in total. The van der Waals surface area contributed by atoms with Crippen LogP contribution in [0.15, 0.2) is 0 Å². The van der Waals surface area contributed by atoms with Gasteiger partial charge in [0.2, 0.25) is 0 Å². The number of nitrogens with zero attached hydrogens (tertiary/aromatic N) is 2. The molecule has 2 atom stereocenters. The average Bonchev–Trinajstić information content (AvgIpc) is 2.72. The number of β-amino-alcohol motifs (C(OH)–C–C–N with tert-alkyl or cyclic N) is 1. The van der Waals surface area contributed by atoms with Crippen LogP contribution in [0, 0.1) is 0 Å². The lowest BCUT2D eigenvalue weighted by atomic mass is 10.2. The van der Waals surface area contributed by atoms with Gasteiger partial charge in [-0.05, 0) is 13.3 Å². The molecule has 104 valence electrons. The number of carbonyl (C=O) groups excluding carboxylic acids is 1. The van der Waals surface area contributed by atoms with Crippen LogP contribution >= 0.6 is 0 Å². The van der Waals surface area contributed by atoms with Crippen molar-refractivity contribution in [1.82, 2.24) is 9.80 Å². The van der Waals surface area contributed by atoms with Gasteiger partial charge >= 0.3 is 12.0 Å². The minimum atomic E-state index is -1.05. The lowest BCUT2D eigenvalue weighted by Crippen LogP contribution is -2.48. The van der Waals surface area contributed by atoms with Crippen LogP contribution in [0.3, 0.4) is 0 Å². The maximum absolute atomic E-state index is 12.2. The maximum Gasteiger partial charge on any atom is 0.326 e. The number of likely N-dealkylation sites (tertiary alicyclic amines) is 1. The predicted molar refractivity (Wildman–Crippen MR) is 66.3 cm³/mol. The average molecular weight is 258 g/mol. The molecule has 1 heterocycles. The minimum Gasteiger partial charge on any atom is -0.480 e. The van der Waals surface area contributed by atoms with Crippen LogP contribution in [0.4, 0.5) is 4.79 Å². The second-order valence-electron chi connectivity index (χ2n) is 4.61. The Hall–Kier alpha value is -1.30. The number of aliphatic hydroxyl groups excluding tert-OH is 1. The second kappa shape index (κ2) is 6.58. The summed E-state index contributed by atoms with van der Waals surface area (Å²) in [4.78, 5) is 26.2. The van der Waals surface area contributed by atoms with E-state index in [-0.39, 0.29) is 19.0 Å². The molecule has 2 amide bonds. The Balaban J connectivity index is 2.70. The van der Waals surface area contributed by atoms with E-state index in [2.05, 4.69) is 0 Å². The maximum atomic E-state index is 12.2. The van der Waals surface area contributed by atoms with Crippen LogP contribution in [-0.2, 0) is 4.79 Å². The van der Waals surface area contributed by atoms with Crippen molar-refractivity contribution < 1.29 is 19.8 Å². The first-order valence-electron chi connectivity index (χ1n) is 6.47. The van der Waals surface area contributed by atoms with Gasteiger partial charge in [0, 0.05) is 26.1 Å². The topological polar surface area (TPSA) is 81.1 Å². The van der Waals surface area contributed by atoms with E-state index in [0.717, 1.165) is 12.8 Å². The smallest absolute Gasteiger partial charge is 0.326 e. The summed E-state index contributed by atoms with van der Waals surface area (Å²) >= 11 is 0. The largest absolute Gasteiger partial charge is 0.480 e. The molecular weight excluding hydrogens is 236 g/mol. The summed E-state index contributed by atoms with van der Waals surface area (Å²) < 4.78 is 0. The molecule has 0 spiro atoms. The zero-order chi connectivity index (χ0) is 13.7. The van der Waals surface area contributed by atoms with Gasteiger partial charge in [0.15, 0.2) is 0 Å². The molecule has 0 aromatic carbocycles. The molecule has 1 fully saturated rings. The second-order valence-corrected chi connectivity index (χ2v) is 4.61. The molecule has 0 saturated carbocycles. The van der Waals surface area contributed by atoms with E-state index in [0.29, 0.717) is 13.1 Å². The minimum absolute atomic E-state index is 0.110. The number of carbonyl (C=O) groups is 2. The van der Waals surface area contributed by atoms with Crippen LogP contribution in [-0.4, -0.2) is 63.8 Å². The molecule has 0 radical (unpaired) electrons. The molecule has 1 aliphatic rings. The molecule has 6 heteroatoms. The predicted octanol–water partition coefficient (Wildman–Crippen LogP) is 0.748. The van der Waals surface area contributed by atoms with Gasteiger partial charge in [-0.2, -0.15) is 0 Å². The first-order chi connectivity index (χ1) is 8.51. The van der Waals surface area contributed by atoms with E-state index in [1.807, 2.05) is 13.8 Å². The van der Waals surface area contributed by atoms with Crippen LogP contribution in [0.5, 0.6) is 0 Å². The summed E-state index contributed by atoms with van der Waals surface area (Å²) in [7, 11) is 0. The number of rotatable bonds is 5. The van der Waals surface area contributed by atoms with Crippen molar-refractivity contribution in [3.05, 3.63) is 0 Å². The third kappa shape index (κ3) is 3.35. The van der Waals surface area contributed by atoms with Crippen LogP contribution < -0.4 is 0 Å². The van der Waals surface area contributed by atoms with Crippen molar-refractivity contribution in [1.29, 1.82) is 0 Å². The SMILES string of the molecule is CCCCN(CC)C(=O)N1C[C@H](O)C[C@H]1C(=O)O. The number of hydrogen-bond acceptors (Lipinski definition) is 3. The normalized spacial score (nSPS) is 23.2. The van der Waals surface area contributed by atoms with Gasteiger partial charge in [-0.3, -0.25) is 0 Å². The highest BCUT2D eigenvalue weighted by atomic mass is 16.4. The van der Waals surface area contributed by atoms with Crippen LogP contribution in [0.2, 0.25) is 0 Å². The van der Waals surface area contributed by atoms with Crippen molar-refractivity contribution in [2.45, 2.75) is 45.3 Å². The fourth-order valence-electron chi connectivity index (χ4n) is 2.18. The molecule has 1 saturated heterocycles. The van der Waals surface area contributed by atoms with Gasteiger partial charge in [0.25, 0.3) is 0 Å². The number of carboxylic acid groups (broad SMARTS) is 1. The number of unbranched alkanes of at least 4 members (excludes halogenated alkanes) is 1. The molecule has 0 unspecified atom stereocenters. The first kappa shape index (κ1) is 14.8. The van der Waals surface area contributed by atoms with Crippen molar-refractivity contribution in [3.8, 4) is 0 Å². The molecule has 0 aliphatic carbocycles. The summed E-state index contributed by atoms with van der Waals surface area (Å²) in [5.41, 5.74) is 0. The fraction of sp³-hybridized carbons (Fsp3) is 0.833. The van der Waals surface area contributed by atoms with E-state index in [1.54, 1.807) is 4.90 Å². The van der Waals surface area contributed by atoms with Crippen molar-refractivity contribution in [3.63, 3.8) is 0 Å². The monoisotopic (exact) mass is 258 g/mol. The van der Waals surface area contributed by atoms with Gasteiger partial charge in [0.05, 0.1) is 6.10 Å². The Morgan fingerprint density at radius 1 is 1.39 bits per heavy atom. The number of amides is 2. The number of hydrogen-bond donors (Lipinski definition) is 2. The van der Waals surface area contributed by atoms with Crippen molar-refractivity contribution in [2.24, 2.45) is 0 Å². The van der Waals surface area contributed by atoms with Gasteiger partial charge in [-0.15, -0.1) is 0 Å². The summed E-state index contributed by atoms with van der Waals surface area (Å²) in [6.45, 7) is 5.20. The Morgan fingerprint density at radius 3 is 2.56 bits per heavy atom. The zero-order valence-corrected chi connectivity index (χ0v) is 11.0. The molecule has 18 heavy (non-hydrogen) atoms. The summed E-state index contributed by atoms with van der Waals surface area (Å²) in [5, 5.41) is 18.6. The summed E-state index contributed by atoms with van der Waals surface area (Å²) in [6, 6.07) is -1.18. The van der Waals surface area contributed by atoms with Gasteiger partial charge in [-0.25, -0.2) is 9.59 Å². The number of urea groups is 1. The van der Waals surface area contributed by atoms with Crippen molar-refractivity contribution >= 4 is 12.0 Å². The Labute approximate surface area is 107 Å². The van der Waals surface area contributed by atoms with Crippen LogP contribution in [0.1, 0.15) is 33.1 Å². The highest BCUT2D eigenvalue weighted by Crippen LogP contribution is 2.20. The highest BCUT2D eigenvalue weighted by Gasteiger charge is 2.40. The number of aliphatic carboxylic acids is 1. The van der Waals surface area contributed by atoms with E-state index in [9.17, 15) is 14.7 Å². The molecule has 0 bridgehead atoms. The van der Waals surface area contributed by atoms with E-state index < -0.39 is 18.1 Å². The number of carboxylic acids is 1. The van der Waals surface area contributed by atoms with E-state index >= 15 is 0 Å². The molecular formula is C12H22N2O4. The van der Waals surface area contributed by atoms with Gasteiger partial charge < -0.3 is 20.0 Å². The quantitative estimate of drug-likeness (QED) is 0.762. The third-order valence-corrected chi connectivity index (χ3v) is 3.24. The van der Waals surface area contributed by atoms with Crippen LogP contribution in [0.25, 0.3) is 0 Å². The van der Waals surface area contributed by atoms with Gasteiger partial charge in [-0.1, -0.05) is 13.3 Å². The Kier molecular flexibility index (Phi) is 5.40. The third-order valence-electron chi connectivity index (χ3n) is 3.24. The Morgan fingerprint density at radius 2 is 2.06 bits per heavy atom. The molecule has 0 aromatic rings. The standard InChI is InChI=1S/C12H22N2O4/c1-3-5-6-13(4-2)12(18)14-8-9(15)7-10(14)11(16)17/h9-10,15H,3-8H2,1-2H3,(H,16,17)/t9-,10+/m1/s1. The number of aliphatic hydroxyl groups is 1. The molecule has 2 N–H and O–H groups in total. The molecule has 1 aliphatic heterocycles. The van der Waals surface area contributed by atoms with Crippen molar-refractivity contribution in [2.75, 3.05) is 19.6 Å². The molecule has 1 rings (SSSR count).